The van der Waals surface area contributed by atoms with Crippen LogP contribution >= 0.6 is 0 Å². The summed E-state index contributed by atoms with van der Waals surface area (Å²) >= 11 is 0. The molecule has 19 heavy (non-hydrogen) atoms. The van der Waals surface area contributed by atoms with Gasteiger partial charge in [-0.05, 0) is 25.3 Å². The van der Waals surface area contributed by atoms with Crippen molar-refractivity contribution < 1.29 is 19.4 Å². The Balaban J connectivity index is 3.87. The Morgan fingerprint density at radius 3 is 2.53 bits per heavy atom. The highest BCUT2D eigenvalue weighted by Gasteiger charge is 2.14. The van der Waals surface area contributed by atoms with Gasteiger partial charge >= 0.3 is 5.97 Å². The lowest BCUT2D eigenvalue weighted by atomic mass is 9.96. The van der Waals surface area contributed by atoms with Gasteiger partial charge in [0, 0.05) is 20.1 Å². The average Bonchev–Trinajstić information content (AvgIpc) is 2.38. The van der Waals surface area contributed by atoms with Crippen molar-refractivity contribution in [3.05, 3.63) is 0 Å². The van der Waals surface area contributed by atoms with Gasteiger partial charge in [0.15, 0.2) is 0 Å². The van der Waals surface area contributed by atoms with E-state index in [-0.39, 0.29) is 18.9 Å². The monoisotopic (exact) mass is 274 g/mol. The molecule has 0 saturated heterocycles. The molecule has 2 unspecified atom stereocenters. The molecular formula is C13H26N2O4. The molecule has 0 aromatic carbocycles. The zero-order valence-corrected chi connectivity index (χ0v) is 11.9. The van der Waals surface area contributed by atoms with Crippen LogP contribution < -0.4 is 11.1 Å². The number of nitrogens with one attached hydrogen (secondary N) is 1. The fourth-order valence-corrected chi connectivity index (χ4v) is 1.87. The average molecular weight is 274 g/mol. The van der Waals surface area contributed by atoms with E-state index >= 15 is 0 Å². The highest BCUT2D eigenvalue weighted by molar-refractivity contribution is 5.76. The van der Waals surface area contributed by atoms with Crippen molar-refractivity contribution in [2.24, 2.45) is 11.7 Å². The van der Waals surface area contributed by atoms with E-state index in [1.807, 2.05) is 0 Å². The highest BCUT2D eigenvalue weighted by Crippen LogP contribution is 2.14. The smallest absolute Gasteiger partial charge is 0.306 e. The summed E-state index contributed by atoms with van der Waals surface area (Å²) in [6.45, 7) is 2.96. The van der Waals surface area contributed by atoms with Crippen LogP contribution in [-0.4, -0.2) is 43.3 Å². The quantitative estimate of drug-likeness (QED) is 0.516. The third-order valence-electron chi connectivity index (χ3n) is 3.19. The third kappa shape index (κ3) is 9.44. The molecule has 0 aromatic heterocycles. The molecular weight excluding hydrogens is 248 g/mol. The Morgan fingerprint density at radius 2 is 2.05 bits per heavy atom. The zero-order chi connectivity index (χ0) is 14.7. The summed E-state index contributed by atoms with van der Waals surface area (Å²) in [5, 5.41) is 11.3. The summed E-state index contributed by atoms with van der Waals surface area (Å²) in [6.07, 6.45) is 2.63. The number of nitrogens with two attached hydrogens (primary N) is 1. The molecule has 0 aliphatic carbocycles. The number of ether oxygens (including phenoxy) is 1. The number of hydrogen-bond donors (Lipinski definition) is 3. The molecule has 2 atom stereocenters. The van der Waals surface area contributed by atoms with E-state index in [1.165, 1.54) is 7.11 Å². The molecule has 0 aliphatic rings. The van der Waals surface area contributed by atoms with Crippen LogP contribution in [0.1, 0.15) is 39.0 Å². The van der Waals surface area contributed by atoms with Crippen LogP contribution in [0.4, 0.5) is 0 Å². The maximum Gasteiger partial charge on any atom is 0.306 e. The van der Waals surface area contributed by atoms with Gasteiger partial charge in [-0.3, -0.25) is 9.59 Å². The molecule has 0 heterocycles. The highest BCUT2D eigenvalue weighted by atomic mass is 16.5. The van der Waals surface area contributed by atoms with E-state index in [4.69, 9.17) is 15.6 Å². The number of rotatable bonds is 11. The van der Waals surface area contributed by atoms with Crippen molar-refractivity contribution in [1.29, 1.82) is 0 Å². The molecule has 112 valence electrons. The fraction of sp³-hybridized carbons (Fsp3) is 0.846. The van der Waals surface area contributed by atoms with Gasteiger partial charge in [0.2, 0.25) is 5.91 Å². The van der Waals surface area contributed by atoms with Crippen LogP contribution in [0, 0.1) is 5.92 Å². The summed E-state index contributed by atoms with van der Waals surface area (Å²) in [4.78, 5) is 22.2. The number of carbonyl (C=O) groups is 2. The number of methoxy groups -OCH3 is 1. The van der Waals surface area contributed by atoms with E-state index in [0.29, 0.717) is 18.9 Å². The second kappa shape index (κ2) is 10.8. The third-order valence-corrected chi connectivity index (χ3v) is 3.19. The second-order valence-electron chi connectivity index (χ2n) is 4.65. The number of amides is 1. The number of hydrogen-bond acceptors (Lipinski definition) is 4. The molecule has 0 aliphatic heterocycles. The maximum atomic E-state index is 11.6. The van der Waals surface area contributed by atoms with Gasteiger partial charge in [0.1, 0.15) is 0 Å². The Bertz CT molecular complexity index is 271. The predicted molar refractivity (Wildman–Crippen MR) is 72.7 cm³/mol. The minimum absolute atomic E-state index is 0.0667. The van der Waals surface area contributed by atoms with Crippen molar-refractivity contribution >= 4 is 11.9 Å². The van der Waals surface area contributed by atoms with Crippen molar-refractivity contribution in [3.8, 4) is 0 Å². The Kier molecular flexibility index (Phi) is 10.1. The molecule has 0 radical (unpaired) electrons. The number of carboxylic acids is 1. The van der Waals surface area contributed by atoms with Gasteiger partial charge in [0.05, 0.1) is 12.5 Å². The second-order valence-corrected chi connectivity index (χ2v) is 4.65. The molecule has 6 heteroatoms. The summed E-state index contributed by atoms with van der Waals surface area (Å²) < 4.78 is 4.98. The van der Waals surface area contributed by atoms with E-state index in [0.717, 1.165) is 19.3 Å². The standard InChI is InChI=1S/C13H26N2O4/c1-3-10(6-7-14)4-5-12(16)15-9-11(19-2)8-13(17)18/h10-11H,3-9,14H2,1-2H3,(H,15,16)(H,17,18). The summed E-state index contributed by atoms with van der Waals surface area (Å²) in [7, 11) is 1.44. The van der Waals surface area contributed by atoms with Gasteiger partial charge < -0.3 is 20.9 Å². The topological polar surface area (TPSA) is 102 Å². The van der Waals surface area contributed by atoms with Crippen molar-refractivity contribution in [3.63, 3.8) is 0 Å². The van der Waals surface area contributed by atoms with Crippen molar-refractivity contribution in [2.45, 2.75) is 45.1 Å². The van der Waals surface area contributed by atoms with Crippen molar-refractivity contribution in [2.75, 3.05) is 20.2 Å². The SMILES string of the molecule is CCC(CCN)CCC(=O)NCC(CC(=O)O)OC. The molecule has 6 nitrogen and oxygen atoms in total. The van der Waals surface area contributed by atoms with E-state index in [2.05, 4.69) is 12.2 Å². The Labute approximate surface area is 114 Å². The van der Waals surface area contributed by atoms with Crippen LogP contribution in [0.5, 0.6) is 0 Å². The predicted octanol–water partition coefficient (Wildman–Crippen LogP) is 0.748. The lowest BCUT2D eigenvalue weighted by Crippen LogP contribution is -2.34. The minimum Gasteiger partial charge on any atom is -0.481 e. The first-order chi connectivity index (χ1) is 9.03. The molecule has 0 rings (SSSR count). The first-order valence-electron chi connectivity index (χ1n) is 6.74. The normalized spacial score (nSPS) is 13.8. The minimum atomic E-state index is -0.935. The van der Waals surface area contributed by atoms with Crippen molar-refractivity contribution in [1.82, 2.24) is 5.32 Å². The molecule has 0 aromatic rings. The van der Waals surface area contributed by atoms with E-state index < -0.39 is 12.1 Å². The van der Waals surface area contributed by atoms with Crippen LogP contribution in [-0.2, 0) is 14.3 Å². The largest absolute Gasteiger partial charge is 0.481 e. The van der Waals surface area contributed by atoms with Crippen LogP contribution in [0.2, 0.25) is 0 Å². The number of carbonyl (C=O) groups excluding carboxylic acids is 1. The number of carboxylic acid groups (broad SMARTS) is 1. The summed E-state index contributed by atoms with van der Waals surface area (Å²) in [5.74, 6) is -0.522. The van der Waals surface area contributed by atoms with Gasteiger partial charge in [0.25, 0.3) is 0 Å². The first-order valence-corrected chi connectivity index (χ1v) is 6.74. The zero-order valence-electron chi connectivity index (χ0n) is 11.9. The molecule has 0 bridgehead atoms. The molecule has 0 spiro atoms. The van der Waals surface area contributed by atoms with Gasteiger partial charge in [-0.1, -0.05) is 13.3 Å². The van der Waals surface area contributed by atoms with Gasteiger partial charge in [-0.25, -0.2) is 0 Å². The van der Waals surface area contributed by atoms with E-state index in [1.54, 1.807) is 0 Å². The van der Waals surface area contributed by atoms with Crippen LogP contribution in [0.15, 0.2) is 0 Å². The van der Waals surface area contributed by atoms with Crippen LogP contribution in [0.3, 0.4) is 0 Å². The van der Waals surface area contributed by atoms with Crippen LogP contribution in [0.25, 0.3) is 0 Å². The number of aliphatic carboxylic acids is 1. The van der Waals surface area contributed by atoms with Gasteiger partial charge in [-0.15, -0.1) is 0 Å². The summed E-state index contributed by atoms with van der Waals surface area (Å²) in [5.41, 5.74) is 5.50. The lowest BCUT2D eigenvalue weighted by molar-refractivity contribution is -0.140. The maximum absolute atomic E-state index is 11.6. The van der Waals surface area contributed by atoms with E-state index in [9.17, 15) is 9.59 Å². The lowest BCUT2D eigenvalue weighted by Gasteiger charge is -2.16. The molecule has 0 fully saturated rings. The Hall–Kier alpha value is -1.14. The molecule has 1 amide bonds. The fourth-order valence-electron chi connectivity index (χ4n) is 1.87. The summed E-state index contributed by atoms with van der Waals surface area (Å²) in [6, 6.07) is 0. The van der Waals surface area contributed by atoms with Gasteiger partial charge in [-0.2, -0.15) is 0 Å². The molecule has 4 N–H and O–H groups in total. The first kappa shape index (κ1) is 17.9. The Morgan fingerprint density at radius 1 is 1.37 bits per heavy atom. The molecule has 0 saturated carbocycles.